The molecule has 0 radical (unpaired) electrons. The predicted molar refractivity (Wildman–Crippen MR) is 87.6 cm³/mol. The van der Waals surface area contributed by atoms with Crippen LogP contribution in [0.3, 0.4) is 0 Å². The van der Waals surface area contributed by atoms with E-state index in [4.69, 9.17) is 0 Å². The van der Waals surface area contributed by atoms with Crippen LogP contribution in [0.15, 0.2) is 30.3 Å². The highest BCUT2D eigenvalue weighted by Crippen LogP contribution is 2.21. The molecular formula is C18H26N2O2. The molecule has 1 aromatic rings. The van der Waals surface area contributed by atoms with Crippen molar-refractivity contribution in [2.24, 2.45) is 5.92 Å². The summed E-state index contributed by atoms with van der Waals surface area (Å²) in [5.74, 6) is 0.661. The molecular weight excluding hydrogens is 276 g/mol. The fraction of sp³-hybridized carbons (Fsp3) is 0.556. The summed E-state index contributed by atoms with van der Waals surface area (Å²) in [5.41, 5.74) is 0.748. The van der Waals surface area contributed by atoms with Crippen LogP contribution in [-0.2, 0) is 4.79 Å². The van der Waals surface area contributed by atoms with Crippen molar-refractivity contribution in [1.82, 2.24) is 10.2 Å². The first-order chi connectivity index (χ1) is 10.7. The number of benzene rings is 1. The lowest BCUT2D eigenvalue weighted by Crippen LogP contribution is -2.39. The molecule has 1 aliphatic rings. The molecule has 2 amide bonds. The highest BCUT2D eigenvalue weighted by Gasteiger charge is 2.24. The third kappa shape index (κ3) is 4.86. The second kappa shape index (κ2) is 8.57. The Morgan fingerprint density at radius 1 is 1.18 bits per heavy atom. The van der Waals surface area contributed by atoms with Gasteiger partial charge < -0.3 is 10.2 Å². The van der Waals surface area contributed by atoms with E-state index in [1.54, 1.807) is 0 Å². The Balaban J connectivity index is 1.74. The van der Waals surface area contributed by atoms with E-state index in [0.29, 0.717) is 12.3 Å². The molecule has 1 saturated heterocycles. The third-order valence-corrected chi connectivity index (χ3v) is 4.25. The Bertz CT molecular complexity index is 479. The minimum atomic E-state index is 0.103. The number of likely N-dealkylation sites (tertiary alicyclic amines) is 1. The van der Waals surface area contributed by atoms with Crippen molar-refractivity contribution < 1.29 is 9.59 Å². The van der Waals surface area contributed by atoms with E-state index in [-0.39, 0.29) is 11.8 Å². The molecule has 0 saturated carbocycles. The normalized spacial score (nSPS) is 15.6. The number of unbranched alkanes of at least 4 members (excludes halogenated alkanes) is 1. The van der Waals surface area contributed by atoms with Gasteiger partial charge in [0.15, 0.2) is 0 Å². The van der Waals surface area contributed by atoms with Gasteiger partial charge in [-0.2, -0.15) is 0 Å². The van der Waals surface area contributed by atoms with E-state index < -0.39 is 0 Å². The van der Waals surface area contributed by atoms with Crippen molar-refractivity contribution in [3.63, 3.8) is 0 Å². The summed E-state index contributed by atoms with van der Waals surface area (Å²) in [7, 11) is 0. The van der Waals surface area contributed by atoms with Crippen LogP contribution in [0, 0.1) is 5.92 Å². The van der Waals surface area contributed by atoms with E-state index >= 15 is 0 Å². The molecule has 0 unspecified atom stereocenters. The molecule has 4 nitrogen and oxygen atoms in total. The Labute approximate surface area is 132 Å². The third-order valence-electron chi connectivity index (χ3n) is 4.25. The number of rotatable bonds is 6. The highest BCUT2D eigenvalue weighted by atomic mass is 16.2. The summed E-state index contributed by atoms with van der Waals surface area (Å²) in [6, 6.07) is 9.41. The fourth-order valence-corrected chi connectivity index (χ4v) is 2.84. The lowest BCUT2D eigenvalue weighted by molar-refractivity contribution is -0.122. The summed E-state index contributed by atoms with van der Waals surface area (Å²) < 4.78 is 0. The molecule has 1 aliphatic heterocycles. The SMILES string of the molecule is CCCCNC(=O)CC1CCN(C(=O)c2ccccc2)CC1. The number of piperidine rings is 1. The first-order valence-corrected chi connectivity index (χ1v) is 8.31. The van der Waals surface area contributed by atoms with Gasteiger partial charge in [-0.25, -0.2) is 0 Å². The van der Waals surface area contributed by atoms with Crippen LogP contribution in [0.1, 0.15) is 49.4 Å². The zero-order valence-corrected chi connectivity index (χ0v) is 13.4. The van der Waals surface area contributed by atoms with E-state index in [9.17, 15) is 9.59 Å². The van der Waals surface area contributed by atoms with Gasteiger partial charge in [0.05, 0.1) is 0 Å². The van der Waals surface area contributed by atoms with Crippen molar-refractivity contribution >= 4 is 11.8 Å². The van der Waals surface area contributed by atoms with E-state index in [1.807, 2.05) is 35.2 Å². The lowest BCUT2D eigenvalue weighted by atomic mass is 9.93. The van der Waals surface area contributed by atoms with Crippen LogP contribution >= 0.6 is 0 Å². The number of hydrogen-bond acceptors (Lipinski definition) is 2. The molecule has 22 heavy (non-hydrogen) atoms. The first kappa shape index (κ1) is 16.5. The molecule has 0 spiro atoms. The van der Waals surface area contributed by atoms with E-state index in [0.717, 1.165) is 50.9 Å². The van der Waals surface area contributed by atoms with Crippen molar-refractivity contribution in [3.8, 4) is 0 Å². The number of hydrogen-bond donors (Lipinski definition) is 1. The van der Waals surface area contributed by atoms with Crippen LogP contribution in [0.5, 0.6) is 0 Å². The maximum atomic E-state index is 12.3. The molecule has 1 N–H and O–H groups in total. The van der Waals surface area contributed by atoms with Crippen molar-refractivity contribution in [3.05, 3.63) is 35.9 Å². The van der Waals surface area contributed by atoms with Gasteiger partial charge in [0, 0.05) is 31.6 Å². The fourth-order valence-electron chi connectivity index (χ4n) is 2.84. The molecule has 120 valence electrons. The average molecular weight is 302 g/mol. The second-order valence-corrected chi connectivity index (χ2v) is 6.01. The second-order valence-electron chi connectivity index (χ2n) is 6.01. The number of nitrogens with zero attached hydrogens (tertiary/aromatic N) is 1. The van der Waals surface area contributed by atoms with Gasteiger partial charge in [-0.15, -0.1) is 0 Å². The molecule has 0 aliphatic carbocycles. The highest BCUT2D eigenvalue weighted by molar-refractivity contribution is 5.94. The van der Waals surface area contributed by atoms with Gasteiger partial charge in [0.25, 0.3) is 5.91 Å². The molecule has 1 heterocycles. The van der Waals surface area contributed by atoms with Crippen molar-refractivity contribution in [2.75, 3.05) is 19.6 Å². The summed E-state index contributed by atoms with van der Waals surface area (Å²) in [6.07, 6.45) is 4.56. The standard InChI is InChI=1S/C18H26N2O2/c1-2-3-11-19-17(21)14-15-9-12-20(13-10-15)18(22)16-7-5-4-6-8-16/h4-8,15H,2-3,9-14H2,1H3,(H,19,21). The quantitative estimate of drug-likeness (QED) is 0.822. The summed E-state index contributed by atoms with van der Waals surface area (Å²) in [4.78, 5) is 26.1. The predicted octanol–water partition coefficient (Wildman–Crippen LogP) is 2.85. The van der Waals surface area contributed by atoms with Crippen LogP contribution in [0.2, 0.25) is 0 Å². The van der Waals surface area contributed by atoms with Gasteiger partial charge in [0.1, 0.15) is 0 Å². The Morgan fingerprint density at radius 3 is 2.50 bits per heavy atom. The summed E-state index contributed by atoms with van der Waals surface area (Å²) in [5, 5.41) is 2.97. The molecule has 0 bridgehead atoms. The zero-order chi connectivity index (χ0) is 15.8. The van der Waals surface area contributed by atoms with Crippen molar-refractivity contribution in [1.29, 1.82) is 0 Å². The Morgan fingerprint density at radius 2 is 1.86 bits per heavy atom. The number of nitrogens with one attached hydrogen (secondary N) is 1. The van der Waals surface area contributed by atoms with Crippen LogP contribution in [0.4, 0.5) is 0 Å². The minimum absolute atomic E-state index is 0.103. The Kier molecular flexibility index (Phi) is 6.44. The molecule has 1 fully saturated rings. The maximum Gasteiger partial charge on any atom is 0.253 e. The van der Waals surface area contributed by atoms with E-state index in [1.165, 1.54) is 0 Å². The van der Waals surface area contributed by atoms with Gasteiger partial charge in [-0.3, -0.25) is 9.59 Å². The van der Waals surface area contributed by atoms with Gasteiger partial charge in [-0.1, -0.05) is 31.5 Å². The first-order valence-electron chi connectivity index (χ1n) is 8.31. The number of amides is 2. The van der Waals surface area contributed by atoms with Crippen LogP contribution < -0.4 is 5.32 Å². The number of carbonyl (C=O) groups is 2. The Hall–Kier alpha value is -1.84. The van der Waals surface area contributed by atoms with Crippen molar-refractivity contribution in [2.45, 2.75) is 39.0 Å². The zero-order valence-electron chi connectivity index (χ0n) is 13.4. The average Bonchev–Trinajstić information content (AvgIpc) is 2.56. The molecule has 0 atom stereocenters. The van der Waals surface area contributed by atoms with E-state index in [2.05, 4.69) is 12.2 Å². The molecule has 1 aromatic carbocycles. The molecule has 0 aromatic heterocycles. The van der Waals surface area contributed by atoms with Crippen LogP contribution in [0.25, 0.3) is 0 Å². The minimum Gasteiger partial charge on any atom is -0.356 e. The largest absolute Gasteiger partial charge is 0.356 e. The smallest absolute Gasteiger partial charge is 0.253 e. The lowest BCUT2D eigenvalue weighted by Gasteiger charge is -2.31. The molecule has 4 heteroatoms. The van der Waals surface area contributed by atoms with Crippen LogP contribution in [-0.4, -0.2) is 36.3 Å². The number of carbonyl (C=O) groups excluding carboxylic acids is 2. The van der Waals surface area contributed by atoms with Gasteiger partial charge in [-0.05, 0) is 37.3 Å². The van der Waals surface area contributed by atoms with Gasteiger partial charge >= 0.3 is 0 Å². The van der Waals surface area contributed by atoms with Gasteiger partial charge in [0.2, 0.25) is 5.91 Å². The summed E-state index contributed by atoms with van der Waals surface area (Å²) >= 11 is 0. The molecule has 2 rings (SSSR count). The summed E-state index contributed by atoms with van der Waals surface area (Å²) in [6.45, 7) is 4.40. The maximum absolute atomic E-state index is 12.3. The topological polar surface area (TPSA) is 49.4 Å². The monoisotopic (exact) mass is 302 g/mol.